The normalized spacial score (nSPS) is 11.5. The summed E-state index contributed by atoms with van der Waals surface area (Å²) in [5, 5.41) is 2.62. The van der Waals surface area contributed by atoms with Crippen LogP contribution < -0.4 is 5.32 Å². The number of carbonyl (C=O) groups excluding carboxylic acids is 2. The van der Waals surface area contributed by atoms with E-state index >= 15 is 0 Å². The highest BCUT2D eigenvalue weighted by molar-refractivity contribution is 5.86. The maximum atomic E-state index is 13.1. The highest BCUT2D eigenvalue weighted by Gasteiger charge is 2.23. The Morgan fingerprint density at radius 2 is 1.86 bits per heavy atom. The van der Waals surface area contributed by atoms with Gasteiger partial charge in [-0.2, -0.15) is 0 Å². The quantitative estimate of drug-likeness (QED) is 0.863. The van der Waals surface area contributed by atoms with E-state index in [2.05, 4.69) is 5.32 Å². The number of ether oxygens (including phenoxy) is 1. The minimum absolute atomic E-state index is 0.0158. The van der Waals surface area contributed by atoms with Gasteiger partial charge in [-0.1, -0.05) is 42.5 Å². The lowest BCUT2D eigenvalue weighted by molar-refractivity contribution is -0.145. The maximum absolute atomic E-state index is 13.1. The van der Waals surface area contributed by atoms with Gasteiger partial charge in [-0.3, -0.25) is 4.79 Å². The van der Waals surface area contributed by atoms with Crippen molar-refractivity contribution in [3.8, 4) is 0 Å². The number of amides is 1. The number of carbonyl (C=O) groups is 2. The molecule has 0 heterocycles. The lowest BCUT2D eigenvalue weighted by Crippen LogP contribution is -2.35. The van der Waals surface area contributed by atoms with Crippen LogP contribution in [0.5, 0.6) is 0 Å². The molecule has 0 spiro atoms. The third-order valence-corrected chi connectivity index (χ3v) is 3.13. The lowest BCUT2D eigenvalue weighted by atomic mass is 10.1. The molecule has 2 aromatic carbocycles. The molecule has 0 bridgehead atoms. The van der Waals surface area contributed by atoms with Gasteiger partial charge in [0, 0.05) is 0 Å². The molecule has 0 aliphatic rings. The fraction of sp³-hybridized carbons (Fsp3) is 0.176. The van der Waals surface area contributed by atoms with E-state index in [1.165, 1.54) is 25.3 Å². The molecule has 114 valence electrons. The predicted molar refractivity (Wildman–Crippen MR) is 79.4 cm³/mol. The molecule has 0 radical (unpaired) electrons. The van der Waals surface area contributed by atoms with Crippen molar-refractivity contribution < 1.29 is 18.7 Å². The van der Waals surface area contributed by atoms with Crippen LogP contribution in [0.1, 0.15) is 17.2 Å². The average molecular weight is 301 g/mol. The minimum atomic E-state index is -0.882. The molecule has 5 heteroatoms. The Labute approximate surface area is 127 Å². The molecule has 2 rings (SSSR count). The van der Waals surface area contributed by atoms with Gasteiger partial charge in [0.2, 0.25) is 5.91 Å². The van der Waals surface area contributed by atoms with Crippen molar-refractivity contribution in [2.45, 2.75) is 12.5 Å². The molecular formula is C17H16FNO3. The monoisotopic (exact) mass is 301 g/mol. The van der Waals surface area contributed by atoms with Crippen molar-refractivity contribution in [1.29, 1.82) is 0 Å². The van der Waals surface area contributed by atoms with Crippen LogP contribution in [0.25, 0.3) is 0 Å². The third-order valence-electron chi connectivity index (χ3n) is 3.13. The fourth-order valence-corrected chi connectivity index (χ4v) is 2.09. The molecule has 2 aromatic rings. The van der Waals surface area contributed by atoms with E-state index in [-0.39, 0.29) is 12.3 Å². The highest BCUT2D eigenvalue weighted by Crippen LogP contribution is 2.14. The van der Waals surface area contributed by atoms with Crippen molar-refractivity contribution in [3.63, 3.8) is 0 Å². The summed E-state index contributed by atoms with van der Waals surface area (Å²) >= 11 is 0. The Morgan fingerprint density at radius 3 is 2.50 bits per heavy atom. The Bertz CT molecular complexity index is 658. The topological polar surface area (TPSA) is 55.4 Å². The van der Waals surface area contributed by atoms with Crippen LogP contribution in [0.15, 0.2) is 54.6 Å². The van der Waals surface area contributed by atoms with E-state index in [4.69, 9.17) is 4.74 Å². The number of methoxy groups -OCH3 is 1. The smallest absolute Gasteiger partial charge is 0.333 e. The summed E-state index contributed by atoms with van der Waals surface area (Å²) in [7, 11) is 1.26. The van der Waals surface area contributed by atoms with Gasteiger partial charge < -0.3 is 10.1 Å². The first-order valence-electron chi connectivity index (χ1n) is 6.76. The Hall–Kier alpha value is -2.69. The summed E-state index contributed by atoms with van der Waals surface area (Å²) < 4.78 is 17.8. The van der Waals surface area contributed by atoms with Crippen molar-refractivity contribution in [1.82, 2.24) is 5.32 Å². The zero-order chi connectivity index (χ0) is 15.9. The molecule has 0 aliphatic carbocycles. The van der Waals surface area contributed by atoms with Crippen LogP contribution in [0.3, 0.4) is 0 Å². The second-order valence-corrected chi connectivity index (χ2v) is 4.74. The van der Waals surface area contributed by atoms with Crippen molar-refractivity contribution in [3.05, 3.63) is 71.5 Å². The van der Waals surface area contributed by atoms with Gasteiger partial charge in [-0.05, 0) is 23.3 Å². The number of benzene rings is 2. The summed E-state index contributed by atoms with van der Waals surface area (Å²) in [6.45, 7) is 0. The van der Waals surface area contributed by atoms with E-state index < -0.39 is 17.8 Å². The zero-order valence-corrected chi connectivity index (χ0v) is 12.1. The van der Waals surface area contributed by atoms with Crippen molar-refractivity contribution in [2.75, 3.05) is 7.11 Å². The number of rotatable bonds is 5. The molecule has 0 aliphatic heterocycles. The van der Waals surface area contributed by atoms with Gasteiger partial charge >= 0.3 is 5.97 Å². The number of hydrogen-bond donors (Lipinski definition) is 1. The number of nitrogens with one attached hydrogen (secondary N) is 1. The van der Waals surface area contributed by atoms with E-state index in [1.807, 2.05) is 6.07 Å². The molecule has 4 nitrogen and oxygen atoms in total. The SMILES string of the molecule is COC(=O)C(NC(=O)Cc1cccc(F)c1)c1ccccc1. The molecule has 0 aromatic heterocycles. The van der Waals surface area contributed by atoms with Gasteiger partial charge in [0.15, 0.2) is 6.04 Å². The Kier molecular flexibility index (Phi) is 5.25. The van der Waals surface area contributed by atoms with Crippen molar-refractivity contribution in [2.24, 2.45) is 0 Å². The van der Waals surface area contributed by atoms with Gasteiger partial charge in [0.25, 0.3) is 0 Å². The third kappa shape index (κ3) is 4.15. The summed E-state index contributed by atoms with van der Waals surface area (Å²) in [5.74, 6) is -1.35. The Morgan fingerprint density at radius 1 is 1.14 bits per heavy atom. The van der Waals surface area contributed by atoms with Crippen LogP contribution >= 0.6 is 0 Å². The fourth-order valence-electron chi connectivity index (χ4n) is 2.09. The van der Waals surface area contributed by atoms with Gasteiger partial charge in [-0.25, -0.2) is 9.18 Å². The first-order valence-corrected chi connectivity index (χ1v) is 6.76. The summed E-state index contributed by atoms with van der Waals surface area (Å²) in [6, 6.07) is 13.7. The average Bonchev–Trinajstić information content (AvgIpc) is 2.53. The number of esters is 1. The lowest BCUT2D eigenvalue weighted by Gasteiger charge is -2.17. The van der Waals surface area contributed by atoms with Gasteiger partial charge in [0.1, 0.15) is 5.82 Å². The highest BCUT2D eigenvalue weighted by atomic mass is 19.1. The predicted octanol–water partition coefficient (Wildman–Crippen LogP) is 2.40. The molecule has 0 fully saturated rings. The van der Waals surface area contributed by atoms with E-state index in [0.717, 1.165) is 0 Å². The van der Waals surface area contributed by atoms with E-state index in [9.17, 15) is 14.0 Å². The first kappa shape index (κ1) is 15.7. The summed E-state index contributed by atoms with van der Waals surface area (Å²) in [5.41, 5.74) is 1.16. The molecule has 0 saturated heterocycles. The summed E-state index contributed by atoms with van der Waals surface area (Å²) in [6.07, 6.45) is -0.0158. The van der Waals surface area contributed by atoms with Crippen LogP contribution in [0, 0.1) is 5.82 Å². The largest absolute Gasteiger partial charge is 0.467 e. The van der Waals surface area contributed by atoms with Crippen LogP contribution in [-0.2, 0) is 20.7 Å². The second kappa shape index (κ2) is 7.36. The standard InChI is InChI=1S/C17H16FNO3/c1-22-17(21)16(13-7-3-2-4-8-13)19-15(20)11-12-6-5-9-14(18)10-12/h2-10,16H,11H2,1H3,(H,19,20). The first-order chi connectivity index (χ1) is 10.6. The van der Waals surface area contributed by atoms with Crippen molar-refractivity contribution >= 4 is 11.9 Å². The van der Waals surface area contributed by atoms with Gasteiger partial charge in [-0.15, -0.1) is 0 Å². The van der Waals surface area contributed by atoms with Crippen LogP contribution in [0.2, 0.25) is 0 Å². The molecule has 1 atom stereocenters. The molecule has 1 unspecified atom stereocenters. The second-order valence-electron chi connectivity index (χ2n) is 4.74. The molecule has 0 saturated carbocycles. The minimum Gasteiger partial charge on any atom is -0.467 e. The zero-order valence-electron chi connectivity index (χ0n) is 12.1. The van der Waals surface area contributed by atoms with Gasteiger partial charge in [0.05, 0.1) is 13.5 Å². The number of hydrogen-bond acceptors (Lipinski definition) is 3. The maximum Gasteiger partial charge on any atom is 0.333 e. The van der Waals surface area contributed by atoms with E-state index in [1.54, 1.807) is 30.3 Å². The number of halogens is 1. The Balaban J connectivity index is 2.10. The molecule has 1 amide bonds. The molecule has 22 heavy (non-hydrogen) atoms. The van der Waals surface area contributed by atoms with Crippen LogP contribution in [-0.4, -0.2) is 19.0 Å². The summed E-state index contributed by atoms with van der Waals surface area (Å²) in [4.78, 5) is 23.9. The van der Waals surface area contributed by atoms with E-state index in [0.29, 0.717) is 11.1 Å². The van der Waals surface area contributed by atoms with Crippen LogP contribution in [0.4, 0.5) is 4.39 Å². The molecular weight excluding hydrogens is 285 g/mol. The molecule has 1 N–H and O–H groups in total.